The number of fused-ring (bicyclic) bond motifs is 18. The fourth-order valence-corrected chi connectivity index (χ4v) is 27.5. The lowest BCUT2D eigenvalue weighted by Gasteiger charge is -2.60. The number of amides is 3. The largest absolute Gasteiger partial charge is 0.452 e. The molecule has 16 nitrogen and oxygen atoms in total. The second-order valence-corrected chi connectivity index (χ2v) is 46.1. The molecule has 10 fully saturated rings. The van der Waals surface area contributed by atoms with Gasteiger partial charge in [0.1, 0.15) is 11.1 Å². The van der Waals surface area contributed by atoms with E-state index in [4.69, 9.17) is 136 Å². The van der Waals surface area contributed by atoms with Gasteiger partial charge in [0.15, 0.2) is 34.1 Å². The van der Waals surface area contributed by atoms with Crippen LogP contribution in [-0.4, -0.2) is 82.3 Å². The summed E-state index contributed by atoms with van der Waals surface area (Å²) in [4.78, 5) is 53.9. The Kier molecular flexibility index (Phi) is 26.4. The summed E-state index contributed by atoms with van der Waals surface area (Å²) in [6, 6.07) is 45.4. The van der Waals surface area contributed by atoms with Crippen molar-refractivity contribution >= 4 is 178 Å². The molecule has 26 rings (SSSR count). The van der Waals surface area contributed by atoms with Crippen molar-refractivity contribution in [2.75, 3.05) is 19.6 Å². The molecule has 3 amide bonds. The highest BCUT2D eigenvalue weighted by Crippen LogP contribution is 2.64. The van der Waals surface area contributed by atoms with E-state index in [9.17, 15) is 19.2 Å². The van der Waals surface area contributed by atoms with E-state index in [2.05, 4.69) is 116 Å². The molecule has 5 aromatic heterocycles. The summed E-state index contributed by atoms with van der Waals surface area (Å²) >= 11 is 66.9. The number of aromatic nitrogens is 8. The van der Waals surface area contributed by atoms with Crippen LogP contribution in [-0.2, 0) is 38.5 Å². The lowest BCUT2D eigenvalue weighted by atomic mass is 9.45. The number of hydrogen-bond donors (Lipinski definition) is 3. The molecule has 9 unspecified atom stereocenters. The molecule has 0 radical (unpaired) electrons. The molecule has 135 heavy (non-hydrogen) atoms. The maximum atomic E-state index is 13.5. The molecular formula is C108H106BrCl10N11O5. The van der Waals surface area contributed by atoms with Crippen molar-refractivity contribution in [3.05, 3.63) is 262 Å². The maximum absolute atomic E-state index is 13.5. The summed E-state index contributed by atoms with van der Waals surface area (Å²) in [5.74, 6) is 6.40. The van der Waals surface area contributed by atoms with Crippen molar-refractivity contribution < 1.29 is 23.6 Å². The van der Waals surface area contributed by atoms with Gasteiger partial charge in [-0.25, -0.2) is 18.7 Å². The van der Waals surface area contributed by atoms with Crippen LogP contribution in [0.1, 0.15) is 219 Å². The molecule has 13 aromatic rings. The Bertz CT molecular complexity index is 6440. The number of furan rings is 1. The van der Waals surface area contributed by atoms with Crippen LogP contribution in [0.25, 0.3) is 78.6 Å². The third-order valence-corrected chi connectivity index (χ3v) is 35.6. The minimum absolute atomic E-state index is 0.000823. The van der Waals surface area contributed by atoms with E-state index < -0.39 is 0 Å². The number of benzene rings is 8. The molecule has 0 spiro atoms. The van der Waals surface area contributed by atoms with E-state index in [1.54, 1.807) is 70.0 Å². The first-order chi connectivity index (χ1) is 64.7. The summed E-state index contributed by atoms with van der Waals surface area (Å²) in [7, 11) is 0. The maximum Gasteiger partial charge on any atom is 0.272 e. The van der Waals surface area contributed by atoms with Crippen LogP contribution in [0.5, 0.6) is 0 Å². The highest BCUT2D eigenvalue weighted by Gasteiger charge is 2.57. The van der Waals surface area contributed by atoms with E-state index in [1.807, 2.05) is 64.0 Å². The van der Waals surface area contributed by atoms with Gasteiger partial charge in [0.2, 0.25) is 0 Å². The lowest BCUT2D eigenvalue weighted by Crippen LogP contribution is -2.54. The third-order valence-electron chi connectivity index (χ3n) is 32.5. The zero-order chi connectivity index (χ0) is 94.3. The van der Waals surface area contributed by atoms with Crippen molar-refractivity contribution in [1.29, 1.82) is 0 Å². The monoisotopic (exact) mass is 2070 g/mol. The minimum Gasteiger partial charge on any atom is -0.452 e. The van der Waals surface area contributed by atoms with Gasteiger partial charge in [-0.2, -0.15) is 20.4 Å². The van der Waals surface area contributed by atoms with Crippen LogP contribution in [0.3, 0.4) is 0 Å². The summed E-state index contributed by atoms with van der Waals surface area (Å²) in [6.07, 6.45) is 22.4. The standard InChI is InChI=1S/C29H31Cl2N3O.C28H28BrCl2N3O.C28H28Cl3N3O.C23H19Cl3N2O2/c1-16-4-9-21-17(12-16)6-10-22-26(33-34(27(21)22)25-11-8-20(30)14-24(25)31)28(35)32-15-18-5-7-19-13-23(18)29(19,2)3;2*1-28(2)17-5-3-16(22(28)12-17)14-32-27(35)25-21-8-4-15-11-18(29)6-9-20(15)26(21)34(33-25)24-10-7-19(30)13-23(24)31;24-14-7-9-18(17(26)11-14)28-22-16-8-6-15(25)12-20(16)30-23(22)21(27-28)19(29)10-13-4-2-1-3-5-13/h4,8-9,11-12,14,18-19,23H,5-7,10,13,15H2,1-3H3,(H,32,35);2*6-7,9-11,13,16-17,22H,3-5,8,12,14H2,1-2H3,(H,32,35);6-9,11-13H,1-5,10H2. The highest BCUT2D eigenvalue weighted by molar-refractivity contribution is 9.10. The average Bonchev–Trinajstić information content (AvgIpc) is 1.10. The summed E-state index contributed by atoms with van der Waals surface area (Å²) in [5.41, 5.74) is 21.5. The average molecular weight is 2070 g/mol. The predicted octanol–water partition coefficient (Wildman–Crippen LogP) is 29.8. The molecule has 8 aromatic carbocycles. The number of halogens is 11. The number of hydrogen-bond acceptors (Lipinski definition) is 9. The van der Waals surface area contributed by atoms with Gasteiger partial charge in [-0.1, -0.05) is 241 Å². The van der Waals surface area contributed by atoms with Crippen LogP contribution < -0.4 is 16.0 Å². The van der Waals surface area contributed by atoms with Gasteiger partial charge in [-0.05, 0) is 305 Å². The quantitative estimate of drug-likeness (QED) is 0.0791. The minimum atomic E-state index is -0.109. The Morgan fingerprint density at radius 3 is 1.16 bits per heavy atom. The number of ketones is 1. The zero-order valence-electron chi connectivity index (χ0n) is 76.4. The first-order valence-corrected chi connectivity index (χ1v) is 52.1. The van der Waals surface area contributed by atoms with Gasteiger partial charge in [-0.15, -0.1) is 0 Å². The molecular weight excluding hydrogens is 1970 g/mol. The molecule has 5 heterocycles. The first kappa shape index (κ1) is 94.5. The van der Waals surface area contributed by atoms with Crippen molar-refractivity contribution in [2.24, 2.45) is 75.4 Å². The normalized spacial score (nSPS) is 21.9. The van der Waals surface area contributed by atoms with Crippen LogP contribution in [0.2, 0.25) is 50.2 Å². The molecule has 0 saturated heterocycles. The van der Waals surface area contributed by atoms with Gasteiger partial charge in [0.05, 0.1) is 59.9 Å². The van der Waals surface area contributed by atoms with Gasteiger partial charge in [-0.3, -0.25) is 19.2 Å². The molecule has 3 N–H and O–H groups in total. The smallest absolute Gasteiger partial charge is 0.272 e. The number of carbonyl (C=O) groups is 4. The summed E-state index contributed by atoms with van der Waals surface area (Å²) in [6.45, 7) is 18.6. The highest BCUT2D eigenvalue weighted by atomic mass is 79.9. The second-order valence-electron chi connectivity index (χ2n) is 40.9. The fraction of sp³-hybridized carbons (Fsp3) is 0.407. The number of nitrogens with one attached hydrogen (secondary N) is 3. The molecule has 9 atom stereocenters. The van der Waals surface area contributed by atoms with Crippen LogP contribution in [0, 0.1) is 82.3 Å². The van der Waals surface area contributed by atoms with Crippen LogP contribution in [0.15, 0.2) is 154 Å². The predicted molar refractivity (Wildman–Crippen MR) is 549 cm³/mol. The lowest BCUT2D eigenvalue weighted by molar-refractivity contribution is -0.103. The van der Waals surface area contributed by atoms with Crippen molar-refractivity contribution in [3.8, 4) is 56.5 Å². The number of Topliss-reactive ketones (excluding diaryl/α,β-unsaturated/α-hetero) is 1. The van der Waals surface area contributed by atoms with Gasteiger partial charge in [0.25, 0.3) is 17.7 Å². The topological polar surface area (TPSA) is 189 Å². The van der Waals surface area contributed by atoms with E-state index in [1.165, 1.54) is 93.7 Å². The van der Waals surface area contributed by atoms with Crippen LogP contribution >= 0.6 is 132 Å². The zero-order valence-corrected chi connectivity index (χ0v) is 85.5. The molecule has 13 aliphatic carbocycles. The Balaban J connectivity index is 0.000000112. The Morgan fingerprint density at radius 1 is 0.393 bits per heavy atom. The number of carbonyl (C=O) groups excluding carboxylic acids is 4. The van der Waals surface area contributed by atoms with Crippen molar-refractivity contribution in [3.63, 3.8) is 0 Å². The second kappa shape index (κ2) is 37.8. The number of rotatable bonds is 16. The van der Waals surface area contributed by atoms with E-state index in [0.717, 1.165) is 153 Å². The number of aryl methyl sites for hydroxylation is 4. The molecule has 13 aliphatic rings. The molecule has 0 aliphatic heterocycles. The Morgan fingerprint density at radius 2 is 0.748 bits per heavy atom. The van der Waals surface area contributed by atoms with E-state index in [0.29, 0.717) is 178 Å². The first-order valence-electron chi connectivity index (χ1n) is 47.6. The Hall–Kier alpha value is -8.14. The van der Waals surface area contributed by atoms with E-state index in [-0.39, 0.29) is 23.5 Å². The molecule has 700 valence electrons. The van der Waals surface area contributed by atoms with Gasteiger partial charge in [0, 0.05) is 105 Å². The number of nitrogens with zero attached hydrogens (tertiary/aromatic N) is 8. The van der Waals surface area contributed by atoms with Crippen molar-refractivity contribution in [2.45, 2.75) is 183 Å². The Labute approximate surface area is 845 Å². The van der Waals surface area contributed by atoms with E-state index >= 15 is 0 Å². The van der Waals surface area contributed by atoms with Crippen LogP contribution in [0.4, 0.5) is 0 Å². The van der Waals surface area contributed by atoms with Crippen molar-refractivity contribution in [1.82, 2.24) is 55.1 Å². The SMILES string of the molecule is CC1(C)C2CCC(CNC(=O)c3nn(-c4ccc(Cl)cc4Cl)c4c3CCc3cc(Br)ccc3-4)C1C2.CC1(C)C2CCC(CNC(=O)c3nn(-c4ccc(Cl)cc4Cl)c4c3CCc3cc(Cl)ccc3-4)C1C2.Cc1ccc2c(c1)CCc1c(C(=O)NCC3CCC4CC3C4(C)C)nn(-c3ccc(Cl)cc3Cl)c1-2.O=C(CC1CCCCC1)c1nn(-c2ccc(Cl)cc2Cl)c2c1oc1cc(Cl)ccc12. The molecule has 6 bridgehead atoms. The molecule has 10 saturated carbocycles. The summed E-state index contributed by atoms with van der Waals surface area (Å²) < 4.78 is 14.3. The third kappa shape index (κ3) is 17.9. The fourth-order valence-electron chi connectivity index (χ4n) is 24.8. The van der Waals surface area contributed by atoms with Gasteiger partial charge < -0.3 is 20.4 Å². The van der Waals surface area contributed by atoms with Gasteiger partial charge >= 0.3 is 0 Å². The summed E-state index contributed by atoms with van der Waals surface area (Å²) in [5, 5.41) is 35.3. The molecule has 27 heteroatoms.